The second kappa shape index (κ2) is 13.8. The zero-order chi connectivity index (χ0) is 25.9. The number of hydrogen-bond donors (Lipinski definition) is 1. The number of benzene rings is 3. The van der Waals surface area contributed by atoms with Gasteiger partial charge in [0.1, 0.15) is 11.8 Å². The Morgan fingerprint density at radius 2 is 1.72 bits per heavy atom. The number of aryl methyl sites for hydroxylation is 2. The lowest BCUT2D eigenvalue weighted by atomic mass is 10.0. The third kappa shape index (κ3) is 8.23. The first-order chi connectivity index (χ1) is 17.4. The van der Waals surface area contributed by atoms with Crippen molar-refractivity contribution in [3.8, 4) is 5.75 Å². The van der Waals surface area contributed by atoms with Gasteiger partial charge in [-0.25, -0.2) is 0 Å². The average molecular weight is 552 g/mol. The first-order valence-corrected chi connectivity index (χ1v) is 13.2. The van der Waals surface area contributed by atoms with Gasteiger partial charge in [0.2, 0.25) is 5.91 Å². The van der Waals surface area contributed by atoms with E-state index in [9.17, 15) is 9.59 Å². The number of amides is 2. The predicted octanol–water partition coefficient (Wildman–Crippen LogP) is 6.00. The van der Waals surface area contributed by atoms with Crippen LogP contribution >= 0.6 is 15.9 Å². The smallest absolute Gasteiger partial charge is 0.261 e. The van der Waals surface area contributed by atoms with Gasteiger partial charge in [-0.15, -0.1) is 0 Å². The highest BCUT2D eigenvalue weighted by Gasteiger charge is 2.30. The summed E-state index contributed by atoms with van der Waals surface area (Å²) in [6, 6.07) is 22.9. The Bertz CT molecular complexity index is 1150. The Morgan fingerprint density at radius 1 is 0.972 bits per heavy atom. The van der Waals surface area contributed by atoms with E-state index in [-0.39, 0.29) is 18.4 Å². The molecule has 0 saturated heterocycles. The second-order valence-corrected chi connectivity index (χ2v) is 9.97. The summed E-state index contributed by atoms with van der Waals surface area (Å²) in [5.41, 5.74) is 3.95. The van der Waals surface area contributed by atoms with Crippen LogP contribution in [0.1, 0.15) is 42.0 Å². The fourth-order valence-electron chi connectivity index (χ4n) is 3.98. The highest BCUT2D eigenvalue weighted by molar-refractivity contribution is 9.10. The fraction of sp³-hybridized carbons (Fsp3) is 0.333. The molecule has 1 N–H and O–H groups in total. The van der Waals surface area contributed by atoms with Crippen molar-refractivity contribution in [3.05, 3.63) is 99.5 Å². The number of hydrogen-bond acceptors (Lipinski definition) is 3. The molecule has 0 fully saturated rings. The molecule has 1 unspecified atom stereocenters. The van der Waals surface area contributed by atoms with E-state index in [4.69, 9.17) is 4.74 Å². The molecule has 0 spiro atoms. The molecule has 0 radical (unpaired) electrons. The molecule has 3 aromatic rings. The number of nitrogens with zero attached hydrogens (tertiary/aromatic N) is 1. The molecule has 36 heavy (non-hydrogen) atoms. The van der Waals surface area contributed by atoms with Gasteiger partial charge in [0.15, 0.2) is 6.61 Å². The van der Waals surface area contributed by atoms with Gasteiger partial charge in [0.25, 0.3) is 5.91 Å². The molecule has 0 aliphatic carbocycles. The molecule has 0 saturated carbocycles. The summed E-state index contributed by atoms with van der Waals surface area (Å²) in [6.45, 7) is 6.76. The Kier molecular flexibility index (Phi) is 10.6. The number of rotatable bonds is 12. The molecule has 0 heterocycles. The molecular formula is C30H35BrN2O3. The average Bonchev–Trinajstić information content (AvgIpc) is 2.87. The summed E-state index contributed by atoms with van der Waals surface area (Å²) in [4.78, 5) is 28.8. The zero-order valence-corrected chi connectivity index (χ0v) is 22.9. The molecule has 6 heteroatoms. The van der Waals surface area contributed by atoms with Crippen LogP contribution in [0.2, 0.25) is 0 Å². The lowest BCUT2D eigenvalue weighted by molar-refractivity contribution is -0.142. The molecule has 0 aliphatic heterocycles. The monoisotopic (exact) mass is 550 g/mol. The van der Waals surface area contributed by atoms with E-state index in [1.807, 2.05) is 86.6 Å². The highest BCUT2D eigenvalue weighted by atomic mass is 79.9. The normalized spacial score (nSPS) is 11.6. The molecule has 2 amide bonds. The van der Waals surface area contributed by atoms with Gasteiger partial charge in [-0.05, 0) is 60.7 Å². The lowest BCUT2D eigenvalue weighted by Crippen LogP contribution is -2.51. The maximum Gasteiger partial charge on any atom is 0.261 e. The maximum atomic E-state index is 13.7. The van der Waals surface area contributed by atoms with E-state index in [2.05, 4.69) is 28.2 Å². The van der Waals surface area contributed by atoms with Gasteiger partial charge >= 0.3 is 0 Å². The number of carbonyl (C=O) groups is 2. The number of carbonyl (C=O) groups excluding carboxylic acids is 2. The quantitative estimate of drug-likeness (QED) is 0.281. The summed E-state index contributed by atoms with van der Waals surface area (Å²) >= 11 is 3.52. The number of nitrogens with one attached hydrogen (secondary N) is 1. The van der Waals surface area contributed by atoms with E-state index in [1.165, 1.54) is 0 Å². The number of unbranched alkanes of at least 4 members (excludes halogenated alkanes) is 1. The number of halogens is 1. The van der Waals surface area contributed by atoms with Crippen LogP contribution in [0.4, 0.5) is 0 Å². The van der Waals surface area contributed by atoms with Crippen molar-refractivity contribution < 1.29 is 14.3 Å². The van der Waals surface area contributed by atoms with Crippen LogP contribution in [0.25, 0.3) is 0 Å². The minimum Gasteiger partial charge on any atom is -0.483 e. The van der Waals surface area contributed by atoms with E-state index in [0.717, 1.165) is 39.6 Å². The summed E-state index contributed by atoms with van der Waals surface area (Å²) in [5, 5.41) is 3.04. The summed E-state index contributed by atoms with van der Waals surface area (Å²) < 4.78 is 6.89. The molecule has 3 rings (SSSR count). The topological polar surface area (TPSA) is 58.6 Å². The van der Waals surface area contributed by atoms with Crippen molar-refractivity contribution in [3.63, 3.8) is 0 Å². The number of ether oxygens (including phenoxy) is 1. The minimum absolute atomic E-state index is 0.147. The fourth-order valence-corrected chi connectivity index (χ4v) is 4.42. The standard InChI is InChI=1S/C30H35BrN2O3/c1-4-5-16-32-30(35)27(19-24-10-7-6-8-11-24)33(20-25-12-9-13-26(31)18-25)29(34)21-36-28-17-22(2)14-15-23(28)3/h6-15,17-18,27H,4-5,16,19-21H2,1-3H3,(H,32,35). The van der Waals surface area contributed by atoms with Crippen LogP contribution in [0.3, 0.4) is 0 Å². The molecule has 5 nitrogen and oxygen atoms in total. The van der Waals surface area contributed by atoms with Crippen LogP contribution in [0, 0.1) is 13.8 Å². The minimum atomic E-state index is -0.669. The van der Waals surface area contributed by atoms with Crippen molar-refractivity contribution in [1.29, 1.82) is 0 Å². The van der Waals surface area contributed by atoms with Gasteiger partial charge < -0.3 is 15.0 Å². The summed E-state index contributed by atoms with van der Waals surface area (Å²) in [6.07, 6.45) is 2.29. The van der Waals surface area contributed by atoms with Gasteiger partial charge in [0.05, 0.1) is 0 Å². The van der Waals surface area contributed by atoms with Crippen molar-refractivity contribution in [1.82, 2.24) is 10.2 Å². The van der Waals surface area contributed by atoms with Gasteiger partial charge in [-0.2, -0.15) is 0 Å². The Morgan fingerprint density at radius 3 is 2.44 bits per heavy atom. The van der Waals surface area contributed by atoms with E-state index in [0.29, 0.717) is 25.3 Å². The molecule has 0 aromatic heterocycles. The molecule has 3 aromatic carbocycles. The molecule has 190 valence electrons. The molecular weight excluding hydrogens is 516 g/mol. The Balaban J connectivity index is 1.90. The van der Waals surface area contributed by atoms with Crippen LogP contribution in [-0.4, -0.2) is 35.9 Å². The van der Waals surface area contributed by atoms with Gasteiger partial charge in [-0.1, -0.05) is 83.9 Å². The van der Waals surface area contributed by atoms with Crippen LogP contribution < -0.4 is 10.1 Å². The first kappa shape index (κ1) is 27.5. The van der Waals surface area contributed by atoms with E-state index in [1.54, 1.807) is 4.90 Å². The third-order valence-corrected chi connectivity index (χ3v) is 6.53. The second-order valence-electron chi connectivity index (χ2n) is 9.06. The molecule has 0 bridgehead atoms. The van der Waals surface area contributed by atoms with Crippen LogP contribution in [0.15, 0.2) is 77.3 Å². The maximum absolute atomic E-state index is 13.7. The van der Waals surface area contributed by atoms with Crippen molar-refractivity contribution in [2.45, 2.75) is 52.6 Å². The predicted molar refractivity (Wildman–Crippen MR) is 148 cm³/mol. The van der Waals surface area contributed by atoms with Crippen LogP contribution in [-0.2, 0) is 22.6 Å². The van der Waals surface area contributed by atoms with Crippen LogP contribution in [0.5, 0.6) is 5.75 Å². The highest BCUT2D eigenvalue weighted by Crippen LogP contribution is 2.21. The van der Waals surface area contributed by atoms with Gasteiger partial charge in [0, 0.05) is 24.0 Å². The Hall–Kier alpha value is -3.12. The van der Waals surface area contributed by atoms with Crippen molar-refractivity contribution in [2.24, 2.45) is 0 Å². The summed E-state index contributed by atoms with van der Waals surface area (Å²) in [5.74, 6) is 0.294. The summed E-state index contributed by atoms with van der Waals surface area (Å²) in [7, 11) is 0. The van der Waals surface area contributed by atoms with Crippen molar-refractivity contribution >= 4 is 27.7 Å². The van der Waals surface area contributed by atoms with Gasteiger partial charge in [-0.3, -0.25) is 9.59 Å². The molecule has 1 atom stereocenters. The largest absolute Gasteiger partial charge is 0.483 e. The Labute approximate surface area is 223 Å². The van der Waals surface area contributed by atoms with E-state index >= 15 is 0 Å². The lowest BCUT2D eigenvalue weighted by Gasteiger charge is -2.31. The van der Waals surface area contributed by atoms with E-state index < -0.39 is 6.04 Å². The SMILES string of the molecule is CCCCNC(=O)C(Cc1ccccc1)N(Cc1cccc(Br)c1)C(=O)COc1cc(C)ccc1C. The first-order valence-electron chi connectivity index (χ1n) is 12.4. The molecule has 0 aliphatic rings. The zero-order valence-electron chi connectivity index (χ0n) is 21.3. The van der Waals surface area contributed by atoms with Crippen molar-refractivity contribution in [2.75, 3.05) is 13.2 Å². The third-order valence-electron chi connectivity index (χ3n) is 6.04.